The van der Waals surface area contributed by atoms with Gasteiger partial charge in [-0.2, -0.15) is 0 Å². The van der Waals surface area contributed by atoms with Crippen molar-refractivity contribution in [3.8, 4) is 0 Å². The van der Waals surface area contributed by atoms with Gasteiger partial charge >= 0.3 is 0 Å². The Morgan fingerprint density at radius 2 is 0.891 bits per heavy atom. The van der Waals surface area contributed by atoms with Crippen LogP contribution in [0.5, 0.6) is 0 Å². The fraction of sp³-hybridized carbons (Fsp3) is 0.873. The highest BCUT2D eigenvalue weighted by molar-refractivity contribution is 5.76. The number of carbonyl (C=O) groups excluding carboxylic acids is 1. The van der Waals surface area contributed by atoms with Crippen LogP contribution in [0, 0.1) is 0 Å². The summed E-state index contributed by atoms with van der Waals surface area (Å²) in [6.45, 7) is 3.78. The van der Waals surface area contributed by atoms with Crippen molar-refractivity contribution in [1.82, 2.24) is 5.32 Å². The van der Waals surface area contributed by atoms with E-state index < -0.39 is 49.5 Å². The number of unbranched alkanes of at least 4 members (excludes halogenated alkanes) is 32. The van der Waals surface area contributed by atoms with E-state index >= 15 is 0 Å². The molecule has 0 aliphatic carbocycles. The fourth-order valence-electron chi connectivity index (χ4n) is 8.60. The summed E-state index contributed by atoms with van der Waals surface area (Å²) in [6, 6.07) is -0.825. The summed E-state index contributed by atoms with van der Waals surface area (Å²) in [4.78, 5) is 13.0. The minimum absolute atomic E-state index is 0.187. The highest BCUT2D eigenvalue weighted by Crippen LogP contribution is 2.23. The Hall–Kier alpha value is -1.59. The number of amides is 1. The molecule has 64 heavy (non-hydrogen) atoms. The van der Waals surface area contributed by atoms with E-state index in [1.54, 1.807) is 6.08 Å². The zero-order chi connectivity index (χ0) is 46.6. The molecule has 376 valence electrons. The smallest absolute Gasteiger partial charge is 0.220 e. The second-order valence-corrected chi connectivity index (χ2v) is 19.0. The second kappa shape index (κ2) is 45.2. The lowest BCUT2D eigenvalue weighted by Crippen LogP contribution is -2.60. The molecule has 0 aromatic rings. The average Bonchev–Trinajstić information content (AvgIpc) is 3.29. The third kappa shape index (κ3) is 34.7. The lowest BCUT2D eigenvalue weighted by Gasteiger charge is -2.40. The summed E-state index contributed by atoms with van der Waals surface area (Å²) in [6.07, 6.45) is 50.6. The molecule has 1 heterocycles. The molecular formula is C55H103NO8. The summed E-state index contributed by atoms with van der Waals surface area (Å²) >= 11 is 0. The molecule has 1 amide bonds. The van der Waals surface area contributed by atoms with Gasteiger partial charge in [-0.25, -0.2) is 0 Å². The van der Waals surface area contributed by atoms with Crippen LogP contribution in [-0.2, 0) is 14.3 Å². The van der Waals surface area contributed by atoms with Crippen molar-refractivity contribution < 1.29 is 39.8 Å². The lowest BCUT2D eigenvalue weighted by atomic mass is 9.99. The van der Waals surface area contributed by atoms with E-state index in [0.29, 0.717) is 6.42 Å². The van der Waals surface area contributed by atoms with Crippen molar-refractivity contribution in [3.05, 3.63) is 36.5 Å². The number of aliphatic hydroxyl groups is 5. The van der Waals surface area contributed by atoms with Crippen LogP contribution in [0.2, 0.25) is 0 Å². The van der Waals surface area contributed by atoms with Gasteiger partial charge in [-0.15, -0.1) is 0 Å². The number of rotatable bonds is 46. The van der Waals surface area contributed by atoms with Gasteiger partial charge in [0, 0.05) is 6.42 Å². The molecule has 1 saturated heterocycles. The number of hydrogen-bond donors (Lipinski definition) is 6. The third-order valence-electron chi connectivity index (χ3n) is 12.9. The highest BCUT2D eigenvalue weighted by atomic mass is 16.7. The molecule has 6 N–H and O–H groups in total. The number of allylic oxidation sites excluding steroid dienone is 5. The van der Waals surface area contributed by atoms with Gasteiger partial charge in [0.2, 0.25) is 5.91 Å². The molecule has 7 unspecified atom stereocenters. The normalized spacial score (nSPS) is 20.3. The van der Waals surface area contributed by atoms with Crippen molar-refractivity contribution in [1.29, 1.82) is 0 Å². The number of ether oxygens (including phenoxy) is 2. The van der Waals surface area contributed by atoms with E-state index in [9.17, 15) is 30.3 Å². The molecule has 0 radical (unpaired) electrons. The van der Waals surface area contributed by atoms with E-state index in [-0.39, 0.29) is 12.5 Å². The van der Waals surface area contributed by atoms with Gasteiger partial charge in [0.05, 0.1) is 25.4 Å². The van der Waals surface area contributed by atoms with E-state index in [1.807, 2.05) is 6.08 Å². The Kier molecular flexibility index (Phi) is 42.7. The van der Waals surface area contributed by atoms with Crippen LogP contribution in [0.4, 0.5) is 0 Å². The first-order chi connectivity index (χ1) is 31.3. The fourth-order valence-corrected chi connectivity index (χ4v) is 8.60. The number of nitrogens with one attached hydrogen (secondary N) is 1. The zero-order valence-corrected chi connectivity index (χ0v) is 41.5. The number of hydrogen-bond acceptors (Lipinski definition) is 8. The van der Waals surface area contributed by atoms with Crippen molar-refractivity contribution in [2.75, 3.05) is 13.2 Å². The molecule has 0 spiro atoms. The number of aliphatic hydroxyl groups excluding tert-OH is 5. The molecule has 0 aromatic carbocycles. The van der Waals surface area contributed by atoms with E-state index in [0.717, 1.165) is 44.9 Å². The predicted molar refractivity (Wildman–Crippen MR) is 267 cm³/mol. The van der Waals surface area contributed by atoms with Gasteiger partial charge in [-0.1, -0.05) is 237 Å². The van der Waals surface area contributed by atoms with Crippen LogP contribution >= 0.6 is 0 Å². The molecule has 9 heteroatoms. The van der Waals surface area contributed by atoms with Crippen LogP contribution in [0.1, 0.15) is 251 Å². The molecule has 9 nitrogen and oxygen atoms in total. The van der Waals surface area contributed by atoms with Crippen LogP contribution in [0.25, 0.3) is 0 Å². The quantitative estimate of drug-likeness (QED) is 0.0261. The Bertz CT molecular complexity index is 1100. The summed E-state index contributed by atoms with van der Waals surface area (Å²) < 4.78 is 11.2. The van der Waals surface area contributed by atoms with Crippen LogP contribution < -0.4 is 5.32 Å². The van der Waals surface area contributed by atoms with Gasteiger partial charge in [0.25, 0.3) is 0 Å². The maximum atomic E-state index is 13.0. The molecule has 1 aliphatic heterocycles. The SMILES string of the molecule is CCCCCCCCCCCCCCC/C=C/CC/C=C/CC/C=C/C(O)C(COC1OC(CO)C(O)C(O)C1O)NC(=O)CCCCCCCCCCCCCCCCCCCC. The predicted octanol–water partition coefficient (Wildman–Crippen LogP) is 12.8. The first-order valence-corrected chi connectivity index (χ1v) is 27.2. The maximum Gasteiger partial charge on any atom is 0.220 e. The van der Waals surface area contributed by atoms with Gasteiger partial charge in [0.15, 0.2) is 6.29 Å². The molecule has 0 saturated carbocycles. The Balaban J connectivity index is 2.30. The number of carbonyl (C=O) groups is 1. The summed E-state index contributed by atoms with van der Waals surface area (Å²) in [7, 11) is 0. The standard InChI is InChI=1S/C55H103NO8/c1-3-5-7-9-11-13-15-17-19-21-23-24-25-26-27-28-30-32-34-36-38-40-42-44-49(58)48(47-63-55-54(62)53(61)52(60)50(46-57)64-55)56-51(59)45-43-41-39-37-35-33-31-29-22-20-18-16-14-12-10-8-6-4-2/h27-28,34,36,42,44,48-50,52-55,57-58,60-62H,3-26,29-33,35,37-41,43,45-47H2,1-2H3,(H,56,59)/b28-27+,36-34+,44-42+. The van der Waals surface area contributed by atoms with Gasteiger partial charge < -0.3 is 40.3 Å². The minimum Gasteiger partial charge on any atom is -0.394 e. The first-order valence-electron chi connectivity index (χ1n) is 27.2. The topological polar surface area (TPSA) is 149 Å². The first kappa shape index (κ1) is 60.4. The monoisotopic (exact) mass is 906 g/mol. The molecule has 7 atom stereocenters. The molecular weight excluding hydrogens is 803 g/mol. The Labute approximate surface area is 393 Å². The minimum atomic E-state index is -1.57. The van der Waals surface area contributed by atoms with Crippen LogP contribution in [-0.4, -0.2) is 87.5 Å². The average molecular weight is 906 g/mol. The maximum absolute atomic E-state index is 13.0. The second-order valence-electron chi connectivity index (χ2n) is 19.0. The van der Waals surface area contributed by atoms with Crippen LogP contribution in [0.3, 0.4) is 0 Å². The van der Waals surface area contributed by atoms with E-state index in [4.69, 9.17) is 9.47 Å². The van der Waals surface area contributed by atoms with Crippen LogP contribution in [0.15, 0.2) is 36.5 Å². The van der Waals surface area contributed by atoms with Crippen molar-refractivity contribution in [3.63, 3.8) is 0 Å². The van der Waals surface area contributed by atoms with Gasteiger partial charge in [-0.05, 0) is 44.9 Å². The molecule has 1 rings (SSSR count). The van der Waals surface area contributed by atoms with Crippen molar-refractivity contribution in [2.24, 2.45) is 0 Å². The van der Waals surface area contributed by atoms with E-state index in [2.05, 4.69) is 43.5 Å². The van der Waals surface area contributed by atoms with Crippen molar-refractivity contribution in [2.45, 2.75) is 294 Å². The largest absolute Gasteiger partial charge is 0.394 e. The lowest BCUT2D eigenvalue weighted by molar-refractivity contribution is -0.302. The molecule has 1 fully saturated rings. The van der Waals surface area contributed by atoms with Gasteiger partial charge in [-0.3, -0.25) is 4.79 Å². The zero-order valence-electron chi connectivity index (χ0n) is 41.5. The third-order valence-corrected chi connectivity index (χ3v) is 12.9. The highest BCUT2D eigenvalue weighted by Gasteiger charge is 2.44. The molecule has 0 aromatic heterocycles. The Morgan fingerprint density at radius 1 is 0.516 bits per heavy atom. The van der Waals surface area contributed by atoms with Gasteiger partial charge in [0.1, 0.15) is 24.4 Å². The summed E-state index contributed by atoms with van der Waals surface area (Å²) in [5.74, 6) is -0.187. The van der Waals surface area contributed by atoms with Crippen molar-refractivity contribution >= 4 is 5.91 Å². The summed E-state index contributed by atoms with van der Waals surface area (Å²) in [5.41, 5.74) is 0. The Morgan fingerprint density at radius 3 is 1.31 bits per heavy atom. The molecule has 0 bridgehead atoms. The van der Waals surface area contributed by atoms with E-state index in [1.165, 1.54) is 186 Å². The summed E-state index contributed by atoms with van der Waals surface area (Å²) in [5, 5.41) is 54.4. The molecule has 1 aliphatic rings.